The van der Waals surface area contributed by atoms with Gasteiger partial charge in [-0.25, -0.2) is 0 Å². The summed E-state index contributed by atoms with van der Waals surface area (Å²) in [6, 6.07) is 0. The molecule has 3 aliphatic rings. The molecule has 3 fully saturated rings. The highest BCUT2D eigenvalue weighted by Gasteiger charge is 2.50. The fourth-order valence-corrected chi connectivity index (χ4v) is 6.60. The molecular weight excluding hydrogens is 372 g/mol. The summed E-state index contributed by atoms with van der Waals surface area (Å²) in [6.07, 6.45) is 12.3. The Morgan fingerprint density at radius 2 is 1.77 bits per heavy atom. The van der Waals surface area contributed by atoms with E-state index in [1.54, 1.807) is 5.57 Å². The topological polar surface area (TPSA) is 60.7 Å². The van der Waals surface area contributed by atoms with Gasteiger partial charge in [-0.2, -0.15) is 0 Å². The minimum Gasteiger partial charge on any atom is -0.393 e. The Morgan fingerprint density at radius 3 is 2.47 bits per heavy atom. The summed E-state index contributed by atoms with van der Waals surface area (Å²) in [4.78, 5) is 0. The van der Waals surface area contributed by atoms with Gasteiger partial charge in [0.1, 0.15) is 0 Å². The van der Waals surface area contributed by atoms with E-state index in [-0.39, 0.29) is 6.10 Å². The van der Waals surface area contributed by atoms with E-state index in [1.807, 2.05) is 0 Å². The van der Waals surface area contributed by atoms with Gasteiger partial charge < -0.3 is 15.3 Å². The number of hydrogen-bond donors (Lipinski definition) is 3. The third kappa shape index (κ3) is 4.95. The Balaban J connectivity index is 1.70. The van der Waals surface area contributed by atoms with Crippen LogP contribution in [0.4, 0.5) is 0 Å². The zero-order chi connectivity index (χ0) is 22.1. The van der Waals surface area contributed by atoms with Crippen LogP contribution in [-0.4, -0.2) is 33.6 Å². The lowest BCUT2D eigenvalue weighted by molar-refractivity contribution is 0.0138. The Hall–Kier alpha value is -0.900. The standard InChI is InChI=1S/C27H44O3/c1-17(2)24(28)13-8-18(3)22-11-12-23-20(7-6-14-27(22,23)5)9-10-21-16-26(30)25(29)15-19(21)4/h9-10,17-18,22-26,28-30H,4,6-8,11-16H2,1-3,5H3/b20-9?,21-10-/t18-,22-,23?,24?,25+,26-,27-/m1/s1. The highest BCUT2D eigenvalue weighted by Crippen LogP contribution is 2.60. The molecule has 3 rings (SSSR count). The molecule has 2 unspecified atom stereocenters. The number of allylic oxidation sites excluding steroid dienone is 3. The van der Waals surface area contributed by atoms with E-state index in [9.17, 15) is 15.3 Å². The molecule has 3 heteroatoms. The van der Waals surface area contributed by atoms with Crippen molar-refractivity contribution in [3.8, 4) is 0 Å². The minimum absolute atomic E-state index is 0.177. The van der Waals surface area contributed by atoms with E-state index in [4.69, 9.17) is 0 Å². The van der Waals surface area contributed by atoms with Gasteiger partial charge in [-0.15, -0.1) is 0 Å². The summed E-state index contributed by atoms with van der Waals surface area (Å²) in [5.41, 5.74) is 3.99. The first kappa shape index (κ1) is 23.8. The van der Waals surface area contributed by atoms with Crippen molar-refractivity contribution in [3.63, 3.8) is 0 Å². The van der Waals surface area contributed by atoms with Crippen LogP contribution in [-0.2, 0) is 0 Å². The maximum Gasteiger partial charge on any atom is 0.0842 e. The lowest BCUT2D eigenvalue weighted by Gasteiger charge is -2.44. The zero-order valence-electron chi connectivity index (χ0n) is 19.6. The number of rotatable bonds is 6. The Kier molecular flexibility index (Phi) is 7.69. The predicted octanol–water partition coefficient (Wildman–Crippen LogP) is 5.56. The van der Waals surface area contributed by atoms with E-state index >= 15 is 0 Å². The van der Waals surface area contributed by atoms with Crippen LogP contribution in [0.3, 0.4) is 0 Å². The van der Waals surface area contributed by atoms with Crippen molar-refractivity contribution in [3.05, 3.63) is 35.5 Å². The molecule has 0 amide bonds. The van der Waals surface area contributed by atoms with Gasteiger partial charge in [-0.1, -0.05) is 52.0 Å². The van der Waals surface area contributed by atoms with Gasteiger partial charge in [0.25, 0.3) is 0 Å². The van der Waals surface area contributed by atoms with Crippen LogP contribution in [0.1, 0.15) is 85.5 Å². The van der Waals surface area contributed by atoms with E-state index in [0.29, 0.717) is 36.0 Å². The van der Waals surface area contributed by atoms with Crippen LogP contribution in [0, 0.1) is 29.1 Å². The maximum absolute atomic E-state index is 10.3. The number of fused-ring (bicyclic) bond motifs is 1. The van der Waals surface area contributed by atoms with Crippen molar-refractivity contribution in [2.75, 3.05) is 0 Å². The molecule has 0 aliphatic heterocycles. The molecule has 3 N–H and O–H groups in total. The summed E-state index contributed by atoms with van der Waals surface area (Å²) in [5, 5.41) is 30.2. The zero-order valence-corrected chi connectivity index (χ0v) is 19.6. The summed E-state index contributed by atoms with van der Waals surface area (Å²) < 4.78 is 0. The van der Waals surface area contributed by atoms with E-state index in [0.717, 1.165) is 29.9 Å². The largest absolute Gasteiger partial charge is 0.393 e. The minimum atomic E-state index is -0.674. The van der Waals surface area contributed by atoms with Crippen LogP contribution in [0.15, 0.2) is 35.5 Å². The molecule has 0 saturated heterocycles. The lowest BCUT2D eigenvalue weighted by Crippen LogP contribution is -2.36. The maximum atomic E-state index is 10.3. The smallest absolute Gasteiger partial charge is 0.0842 e. The third-order valence-corrected chi connectivity index (χ3v) is 8.69. The fourth-order valence-electron chi connectivity index (χ4n) is 6.60. The molecular formula is C27H44O3. The van der Waals surface area contributed by atoms with E-state index in [2.05, 4.69) is 46.4 Å². The molecule has 0 heterocycles. The summed E-state index contributed by atoms with van der Waals surface area (Å²) in [5.74, 6) is 2.38. The molecule has 7 atom stereocenters. The van der Waals surface area contributed by atoms with Crippen LogP contribution >= 0.6 is 0 Å². The SMILES string of the molecule is C=C1C[C@H](O)[C@H](O)C/C1=C/C=C1CCC[C@@]2(C)C1CC[C@@H]2[C@H](C)CCC(O)C(C)C. The van der Waals surface area contributed by atoms with Crippen LogP contribution in [0.5, 0.6) is 0 Å². The second kappa shape index (κ2) is 9.71. The van der Waals surface area contributed by atoms with Crippen LogP contribution < -0.4 is 0 Å². The van der Waals surface area contributed by atoms with Crippen molar-refractivity contribution >= 4 is 0 Å². The number of aliphatic hydroxyl groups excluding tert-OH is 3. The summed E-state index contributed by atoms with van der Waals surface area (Å²) in [7, 11) is 0. The molecule has 0 aromatic rings. The molecule has 0 radical (unpaired) electrons. The normalized spacial score (nSPS) is 39.5. The van der Waals surface area contributed by atoms with Crippen molar-refractivity contribution in [2.45, 2.75) is 104 Å². The van der Waals surface area contributed by atoms with E-state index < -0.39 is 12.2 Å². The van der Waals surface area contributed by atoms with Crippen LogP contribution in [0.2, 0.25) is 0 Å². The summed E-state index contributed by atoms with van der Waals surface area (Å²) >= 11 is 0. The Morgan fingerprint density at radius 1 is 1.07 bits per heavy atom. The van der Waals surface area contributed by atoms with Gasteiger partial charge >= 0.3 is 0 Å². The van der Waals surface area contributed by atoms with Crippen LogP contribution in [0.25, 0.3) is 0 Å². The molecule has 30 heavy (non-hydrogen) atoms. The van der Waals surface area contributed by atoms with Gasteiger partial charge in [0.15, 0.2) is 0 Å². The number of hydrogen-bond acceptors (Lipinski definition) is 3. The predicted molar refractivity (Wildman–Crippen MR) is 124 cm³/mol. The average molecular weight is 417 g/mol. The van der Waals surface area contributed by atoms with Crippen molar-refractivity contribution < 1.29 is 15.3 Å². The molecule has 3 saturated carbocycles. The first-order valence-electron chi connectivity index (χ1n) is 12.3. The van der Waals surface area contributed by atoms with Crippen molar-refractivity contribution in [2.24, 2.45) is 29.1 Å². The Bertz CT molecular complexity index is 676. The Labute approximate surface area is 184 Å². The molecule has 0 aromatic carbocycles. The van der Waals surface area contributed by atoms with Gasteiger partial charge in [0.05, 0.1) is 18.3 Å². The van der Waals surface area contributed by atoms with Gasteiger partial charge in [-0.05, 0) is 85.2 Å². The van der Waals surface area contributed by atoms with Crippen molar-refractivity contribution in [1.82, 2.24) is 0 Å². The highest BCUT2D eigenvalue weighted by molar-refractivity contribution is 5.37. The molecule has 0 bridgehead atoms. The quantitative estimate of drug-likeness (QED) is 0.531. The molecule has 3 nitrogen and oxygen atoms in total. The molecule has 170 valence electrons. The molecule has 0 spiro atoms. The second-order valence-corrected chi connectivity index (χ2v) is 11.0. The summed E-state index contributed by atoms with van der Waals surface area (Å²) in [6.45, 7) is 13.3. The van der Waals surface area contributed by atoms with Gasteiger partial charge in [0, 0.05) is 12.8 Å². The first-order valence-corrected chi connectivity index (χ1v) is 12.3. The fraction of sp³-hybridized carbons (Fsp3) is 0.778. The van der Waals surface area contributed by atoms with Crippen molar-refractivity contribution in [1.29, 1.82) is 0 Å². The highest BCUT2D eigenvalue weighted by atomic mass is 16.3. The lowest BCUT2D eigenvalue weighted by atomic mass is 9.60. The average Bonchev–Trinajstić information content (AvgIpc) is 3.05. The first-order chi connectivity index (χ1) is 14.1. The molecule has 3 aliphatic carbocycles. The third-order valence-electron chi connectivity index (χ3n) is 8.69. The monoisotopic (exact) mass is 416 g/mol. The number of aliphatic hydroxyl groups is 3. The van der Waals surface area contributed by atoms with E-state index in [1.165, 1.54) is 32.1 Å². The molecule has 0 aromatic heterocycles. The second-order valence-electron chi connectivity index (χ2n) is 11.0. The van der Waals surface area contributed by atoms with Gasteiger partial charge in [-0.3, -0.25) is 0 Å². The van der Waals surface area contributed by atoms with Gasteiger partial charge in [0.2, 0.25) is 0 Å².